The smallest absolute Gasteiger partial charge is 0.339 e. The van der Waals surface area contributed by atoms with E-state index in [9.17, 15) is 14.7 Å². The molecule has 0 saturated carbocycles. The molecule has 1 amide bonds. The van der Waals surface area contributed by atoms with Crippen molar-refractivity contribution in [1.29, 1.82) is 0 Å². The molecule has 0 unspecified atom stereocenters. The lowest BCUT2D eigenvalue weighted by Crippen LogP contribution is -2.36. The SMILES string of the molecule is COc1ccc(CN(C(=O)COc2cc(C)ccc2C(=O)O)[C@H](C)c2ccccc2)cc1OC. The van der Waals surface area contributed by atoms with Gasteiger partial charge in [-0.2, -0.15) is 0 Å². The zero-order chi connectivity index (χ0) is 24.7. The molecule has 1 atom stereocenters. The van der Waals surface area contributed by atoms with Gasteiger partial charge in [0.15, 0.2) is 18.1 Å². The van der Waals surface area contributed by atoms with Gasteiger partial charge in [-0.1, -0.05) is 42.5 Å². The van der Waals surface area contributed by atoms with Crippen molar-refractivity contribution in [3.05, 3.63) is 89.0 Å². The van der Waals surface area contributed by atoms with Gasteiger partial charge in [-0.15, -0.1) is 0 Å². The van der Waals surface area contributed by atoms with Crippen molar-refractivity contribution in [2.24, 2.45) is 0 Å². The van der Waals surface area contributed by atoms with Crippen molar-refractivity contribution in [1.82, 2.24) is 4.90 Å². The monoisotopic (exact) mass is 463 g/mol. The van der Waals surface area contributed by atoms with Crippen LogP contribution in [0.1, 0.15) is 40.0 Å². The minimum Gasteiger partial charge on any atom is -0.493 e. The fourth-order valence-corrected chi connectivity index (χ4v) is 3.68. The molecule has 34 heavy (non-hydrogen) atoms. The van der Waals surface area contributed by atoms with Gasteiger partial charge in [-0.3, -0.25) is 4.79 Å². The van der Waals surface area contributed by atoms with Crippen LogP contribution < -0.4 is 14.2 Å². The Balaban J connectivity index is 1.87. The Morgan fingerprint density at radius 2 is 1.62 bits per heavy atom. The number of ether oxygens (including phenoxy) is 3. The maximum absolute atomic E-state index is 13.4. The molecule has 7 nitrogen and oxygen atoms in total. The summed E-state index contributed by atoms with van der Waals surface area (Å²) in [5.74, 6) is -0.0448. The molecule has 0 bridgehead atoms. The number of hydrogen-bond acceptors (Lipinski definition) is 5. The van der Waals surface area contributed by atoms with Gasteiger partial charge in [-0.05, 0) is 54.8 Å². The standard InChI is InChI=1S/C27H29NO6/c1-18-10-12-22(27(30)31)24(14-18)34-17-26(29)28(19(2)21-8-6-5-7-9-21)16-20-11-13-23(32-3)25(15-20)33-4/h5-15,19H,16-17H2,1-4H3,(H,30,31)/t19-/m1/s1. The average molecular weight is 464 g/mol. The predicted molar refractivity (Wildman–Crippen MR) is 129 cm³/mol. The molecule has 0 aromatic heterocycles. The fourth-order valence-electron chi connectivity index (χ4n) is 3.68. The van der Waals surface area contributed by atoms with E-state index in [0.29, 0.717) is 18.0 Å². The number of nitrogens with zero attached hydrogens (tertiary/aromatic N) is 1. The van der Waals surface area contributed by atoms with Crippen LogP contribution in [0.4, 0.5) is 0 Å². The molecule has 0 aliphatic heterocycles. The van der Waals surface area contributed by atoms with Crippen molar-refractivity contribution >= 4 is 11.9 Å². The van der Waals surface area contributed by atoms with Gasteiger partial charge in [0.1, 0.15) is 11.3 Å². The minimum atomic E-state index is -1.11. The van der Waals surface area contributed by atoms with Crippen LogP contribution in [0.25, 0.3) is 0 Å². The first-order valence-electron chi connectivity index (χ1n) is 10.9. The Bertz CT molecular complexity index is 1150. The van der Waals surface area contributed by atoms with E-state index in [2.05, 4.69) is 0 Å². The summed E-state index contributed by atoms with van der Waals surface area (Å²) in [7, 11) is 3.13. The summed E-state index contributed by atoms with van der Waals surface area (Å²) in [5, 5.41) is 9.46. The maximum Gasteiger partial charge on any atom is 0.339 e. The third kappa shape index (κ3) is 5.86. The van der Waals surface area contributed by atoms with Gasteiger partial charge in [0.25, 0.3) is 5.91 Å². The zero-order valence-corrected chi connectivity index (χ0v) is 19.8. The Morgan fingerprint density at radius 3 is 2.26 bits per heavy atom. The number of carbonyl (C=O) groups excluding carboxylic acids is 1. The summed E-state index contributed by atoms with van der Waals surface area (Å²) in [6.07, 6.45) is 0. The van der Waals surface area contributed by atoms with Crippen molar-refractivity contribution in [3.63, 3.8) is 0 Å². The van der Waals surface area contributed by atoms with Crippen LogP contribution in [0.2, 0.25) is 0 Å². The molecule has 3 rings (SSSR count). The number of carboxylic acids is 1. The van der Waals surface area contributed by atoms with Gasteiger partial charge in [-0.25, -0.2) is 4.79 Å². The summed E-state index contributed by atoms with van der Waals surface area (Å²) in [4.78, 5) is 26.6. The zero-order valence-electron chi connectivity index (χ0n) is 19.8. The highest BCUT2D eigenvalue weighted by atomic mass is 16.5. The number of methoxy groups -OCH3 is 2. The Kier molecular flexibility index (Phi) is 8.14. The van der Waals surface area contributed by atoms with Crippen LogP contribution in [0.5, 0.6) is 17.2 Å². The number of aromatic carboxylic acids is 1. The van der Waals surface area contributed by atoms with Crippen molar-refractivity contribution in [2.45, 2.75) is 26.4 Å². The van der Waals surface area contributed by atoms with Crippen molar-refractivity contribution in [3.8, 4) is 17.2 Å². The van der Waals surface area contributed by atoms with Crippen LogP contribution in [0, 0.1) is 6.92 Å². The lowest BCUT2D eigenvalue weighted by molar-refractivity contribution is -0.136. The summed E-state index contributed by atoms with van der Waals surface area (Å²) >= 11 is 0. The first-order chi connectivity index (χ1) is 16.3. The molecule has 0 heterocycles. The Morgan fingerprint density at radius 1 is 0.912 bits per heavy atom. The minimum absolute atomic E-state index is 0.0148. The average Bonchev–Trinajstić information content (AvgIpc) is 2.85. The van der Waals surface area contributed by atoms with Crippen molar-refractivity contribution < 1.29 is 28.9 Å². The lowest BCUT2D eigenvalue weighted by Gasteiger charge is -2.30. The van der Waals surface area contributed by atoms with Crippen molar-refractivity contribution in [2.75, 3.05) is 20.8 Å². The number of benzene rings is 3. The molecule has 3 aromatic rings. The molecule has 0 spiro atoms. The third-order valence-corrected chi connectivity index (χ3v) is 5.59. The first kappa shape index (κ1) is 24.6. The Labute approximate surface area is 199 Å². The van der Waals surface area contributed by atoms with E-state index < -0.39 is 5.97 Å². The highest BCUT2D eigenvalue weighted by molar-refractivity contribution is 5.91. The summed E-state index contributed by atoms with van der Waals surface area (Å²) in [5.41, 5.74) is 2.68. The Hall–Kier alpha value is -4.00. The molecule has 0 aliphatic rings. The molecule has 0 aliphatic carbocycles. The van der Waals surface area contributed by atoms with Crippen LogP contribution in [-0.2, 0) is 11.3 Å². The lowest BCUT2D eigenvalue weighted by atomic mass is 10.1. The molecule has 3 aromatic carbocycles. The maximum atomic E-state index is 13.4. The number of rotatable bonds is 10. The second-order valence-corrected chi connectivity index (χ2v) is 7.89. The highest BCUT2D eigenvalue weighted by Crippen LogP contribution is 2.30. The molecule has 0 saturated heterocycles. The second-order valence-electron chi connectivity index (χ2n) is 7.89. The molecule has 178 valence electrons. The van der Waals surface area contributed by atoms with Crippen LogP contribution in [0.3, 0.4) is 0 Å². The number of hydrogen-bond donors (Lipinski definition) is 1. The summed E-state index contributed by atoms with van der Waals surface area (Å²) in [6, 6.07) is 19.7. The predicted octanol–water partition coefficient (Wildman–Crippen LogP) is 4.88. The molecule has 1 N–H and O–H groups in total. The molecule has 0 fully saturated rings. The molecule has 7 heteroatoms. The topological polar surface area (TPSA) is 85.3 Å². The normalized spacial score (nSPS) is 11.4. The largest absolute Gasteiger partial charge is 0.493 e. The fraction of sp³-hybridized carbons (Fsp3) is 0.259. The van der Waals surface area contributed by atoms with E-state index in [1.165, 1.54) is 6.07 Å². The number of carboxylic acid groups (broad SMARTS) is 1. The summed E-state index contributed by atoms with van der Waals surface area (Å²) in [6.45, 7) is 3.79. The van der Waals surface area contributed by atoms with Gasteiger partial charge in [0, 0.05) is 6.54 Å². The van der Waals surface area contributed by atoms with Gasteiger partial charge >= 0.3 is 5.97 Å². The number of carbonyl (C=O) groups is 2. The quantitative estimate of drug-likeness (QED) is 0.461. The van der Waals surface area contributed by atoms with E-state index in [0.717, 1.165) is 16.7 Å². The van der Waals surface area contributed by atoms with Gasteiger partial charge in [0.05, 0.1) is 20.3 Å². The first-order valence-corrected chi connectivity index (χ1v) is 10.9. The number of amides is 1. The molecule has 0 radical (unpaired) electrons. The molecular weight excluding hydrogens is 434 g/mol. The van der Waals surface area contributed by atoms with Gasteiger partial charge in [0.2, 0.25) is 0 Å². The summed E-state index contributed by atoms with van der Waals surface area (Å²) < 4.78 is 16.4. The van der Waals surface area contributed by atoms with E-state index in [4.69, 9.17) is 14.2 Å². The van der Waals surface area contributed by atoms with Gasteiger partial charge < -0.3 is 24.2 Å². The number of aryl methyl sites for hydroxylation is 1. The van der Waals surface area contributed by atoms with E-state index in [1.807, 2.05) is 56.3 Å². The van der Waals surface area contributed by atoms with Crippen LogP contribution in [-0.4, -0.2) is 42.7 Å². The van der Waals surface area contributed by atoms with E-state index >= 15 is 0 Å². The van der Waals surface area contributed by atoms with E-state index in [-0.39, 0.29) is 29.9 Å². The van der Waals surface area contributed by atoms with E-state index in [1.54, 1.807) is 37.3 Å². The highest BCUT2D eigenvalue weighted by Gasteiger charge is 2.24. The third-order valence-electron chi connectivity index (χ3n) is 5.59. The van der Waals surface area contributed by atoms with Crippen LogP contribution in [0.15, 0.2) is 66.7 Å². The second kappa shape index (κ2) is 11.2. The molecular formula is C27H29NO6. The van der Waals surface area contributed by atoms with Crippen LogP contribution >= 0.6 is 0 Å².